The summed E-state index contributed by atoms with van der Waals surface area (Å²) < 4.78 is 21.9. The Labute approximate surface area is 94.1 Å². The molecule has 0 spiro atoms. The lowest BCUT2D eigenvalue weighted by Gasteiger charge is -2.11. The quantitative estimate of drug-likeness (QED) is 0.818. The third-order valence-electron chi connectivity index (χ3n) is 2.46. The number of aryl methyl sites for hydroxylation is 2. The molecule has 0 aliphatic heterocycles. The number of benzene rings is 1. The van der Waals surface area contributed by atoms with Crippen LogP contribution in [0.4, 0.5) is 0 Å². The van der Waals surface area contributed by atoms with Crippen LogP contribution in [0, 0.1) is 20.8 Å². The van der Waals surface area contributed by atoms with Gasteiger partial charge in [0.1, 0.15) is 5.75 Å². The molecule has 0 unspecified atom stereocenters. The summed E-state index contributed by atoms with van der Waals surface area (Å²) in [7, 11) is 1.53. The molecule has 0 radical (unpaired) electrons. The Morgan fingerprint density at radius 2 is 1.80 bits per heavy atom. The molecule has 5 heteroatoms. The molecule has 0 heterocycles. The maximum Gasteiger partial charge on any atom is 0.236 e. The van der Waals surface area contributed by atoms with Crippen LogP contribution < -0.4 is 0 Å². The summed E-state index contributed by atoms with van der Waals surface area (Å²) in [5, 5.41) is 9.80. The van der Waals surface area contributed by atoms with Crippen molar-refractivity contribution in [2.75, 3.05) is 0 Å². The molecule has 1 N–H and O–H groups in total. The van der Waals surface area contributed by atoms with Crippen LogP contribution in [-0.2, 0) is 14.8 Å². The van der Waals surface area contributed by atoms with E-state index in [1.165, 1.54) is 0 Å². The van der Waals surface area contributed by atoms with Crippen molar-refractivity contribution in [3.05, 3.63) is 28.3 Å². The minimum atomic E-state index is -3.64. The van der Waals surface area contributed by atoms with Gasteiger partial charge < -0.3 is 5.11 Å². The minimum absolute atomic E-state index is 0.0247. The van der Waals surface area contributed by atoms with E-state index in [4.69, 9.17) is 10.7 Å². The highest BCUT2D eigenvalue weighted by atomic mass is 35.7. The predicted molar refractivity (Wildman–Crippen MR) is 60.8 cm³/mol. The largest absolute Gasteiger partial charge is 0.507 e. The van der Waals surface area contributed by atoms with E-state index in [-0.39, 0.29) is 11.5 Å². The van der Waals surface area contributed by atoms with Crippen LogP contribution in [0.5, 0.6) is 5.75 Å². The van der Waals surface area contributed by atoms with Crippen LogP contribution in [0.25, 0.3) is 0 Å². The standard InChI is InChI=1S/C10H13ClO3S/c1-6-4-7(2)9(5-15(11,13)14)10(12)8(6)3/h4,12H,5H2,1-3H3. The van der Waals surface area contributed by atoms with Gasteiger partial charge in [0, 0.05) is 16.2 Å². The number of aromatic hydroxyl groups is 1. The summed E-state index contributed by atoms with van der Waals surface area (Å²) >= 11 is 0. The highest BCUT2D eigenvalue weighted by molar-refractivity contribution is 8.13. The van der Waals surface area contributed by atoms with E-state index in [0.717, 1.165) is 11.1 Å². The summed E-state index contributed by atoms with van der Waals surface area (Å²) in [5.74, 6) is -0.315. The van der Waals surface area contributed by atoms with Crippen LogP contribution in [0.2, 0.25) is 0 Å². The van der Waals surface area contributed by atoms with E-state index in [2.05, 4.69) is 0 Å². The Kier molecular flexibility index (Phi) is 3.31. The number of rotatable bonds is 2. The van der Waals surface area contributed by atoms with Crippen molar-refractivity contribution in [2.24, 2.45) is 0 Å². The number of hydrogen-bond acceptors (Lipinski definition) is 3. The Hall–Kier alpha value is -0.740. The fourth-order valence-electron chi connectivity index (χ4n) is 1.47. The second kappa shape index (κ2) is 4.02. The molecular formula is C10H13ClO3S. The van der Waals surface area contributed by atoms with Gasteiger partial charge in [-0.25, -0.2) is 8.42 Å². The van der Waals surface area contributed by atoms with Crippen molar-refractivity contribution < 1.29 is 13.5 Å². The zero-order chi connectivity index (χ0) is 11.8. The second-order valence-corrected chi connectivity index (χ2v) is 6.42. The lowest BCUT2D eigenvalue weighted by molar-refractivity contribution is 0.464. The molecule has 0 bridgehead atoms. The summed E-state index contributed by atoms with van der Waals surface area (Å²) in [6.45, 7) is 5.36. The molecule has 1 aromatic carbocycles. The van der Waals surface area contributed by atoms with Crippen molar-refractivity contribution in [3.63, 3.8) is 0 Å². The first kappa shape index (κ1) is 12.3. The Morgan fingerprint density at radius 3 is 2.27 bits per heavy atom. The predicted octanol–water partition coefficient (Wildman–Crippen LogP) is 2.39. The van der Waals surface area contributed by atoms with E-state index >= 15 is 0 Å². The first-order chi connectivity index (χ1) is 6.72. The Morgan fingerprint density at radius 1 is 1.27 bits per heavy atom. The van der Waals surface area contributed by atoms with Crippen LogP contribution in [0.1, 0.15) is 22.3 Å². The topological polar surface area (TPSA) is 54.4 Å². The maximum atomic E-state index is 11.0. The van der Waals surface area contributed by atoms with Gasteiger partial charge in [0.15, 0.2) is 0 Å². The summed E-state index contributed by atoms with van der Waals surface area (Å²) in [5.41, 5.74) is 2.74. The van der Waals surface area contributed by atoms with Crippen molar-refractivity contribution in [3.8, 4) is 5.75 Å². The first-order valence-electron chi connectivity index (χ1n) is 4.43. The van der Waals surface area contributed by atoms with Crippen molar-refractivity contribution in [1.82, 2.24) is 0 Å². The number of hydrogen-bond donors (Lipinski definition) is 1. The lowest BCUT2D eigenvalue weighted by atomic mass is 10.0. The van der Waals surface area contributed by atoms with Crippen LogP contribution in [-0.4, -0.2) is 13.5 Å². The number of phenols is 1. The summed E-state index contributed by atoms with van der Waals surface area (Å²) in [6.07, 6.45) is 0. The van der Waals surface area contributed by atoms with E-state index in [9.17, 15) is 13.5 Å². The van der Waals surface area contributed by atoms with E-state index in [1.54, 1.807) is 13.8 Å². The van der Waals surface area contributed by atoms with Gasteiger partial charge in [-0.2, -0.15) is 0 Å². The Balaban J connectivity index is 3.37. The van der Waals surface area contributed by atoms with Crippen molar-refractivity contribution in [1.29, 1.82) is 0 Å². The Bertz CT molecular complexity index is 492. The average molecular weight is 249 g/mol. The molecule has 0 aliphatic rings. The zero-order valence-corrected chi connectivity index (χ0v) is 10.4. The zero-order valence-electron chi connectivity index (χ0n) is 8.83. The molecule has 1 rings (SSSR count). The van der Waals surface area contributed by atoms with Gasteiger partial charge in [-0.3, -0.25) is 0 Å². The molecule has 0 amide bonds. The number of halogens is 1. The average Bonchev–Trinajstić information content (AvgIpc) is 2.07. The molecule has 3 nitrogen and oxygen atoms in total. The molecule has 0 saturated carbocycles. The molecular weight excluding hydrogens is 236 g/mol. The van der Waals surface area contributed by atoms with Gasteiger partial charge in [0.2, 0.25) is 9.05 Å². The number of phenolic OH excluding ortho intramolecular Hbond substituents is 1. The van der Waals surface area contributed by atoms with Crippen LogP contribution in [0.3, 0.4) is 0 Å². The van der Waals surface area contributed by atoms with E-state index in [1.807, 2.05) is 13.0 Å². The molecule has 0 atom stereocenters. The van der Waals surface area contributed by atoms with Crippen molar-refractivity contribution in [2.45, 2.75) is 26.5 Å². The SMILES string of the molecule is Cc1cc(C)c(CS(=O)(=O)Cl)c(O)c1C. The molecule has 0 aromatic heterocycles. The first-order valence-corrected chi connectivity index (χ1v) is 6.91. The molecule has 84 valence electrons. The highest BCUT2D eigenvalue weighted by Crippen LogP contribution is 2.30. The van der Waals surface area contributed by atoms with E-state index in [0.29, 0.717) is 11.1 Å². The monoisotopic (exact) mass is 248 g/mol. The second-order valence-electron chi connectivity index (χ2n) is 3.65. The third-order valence-corrected chi connectivity index (χ3v) is 3.42. The highest BCUT2D eigenvalue weighted by Gasteiger charge is 2.16. The fourth-order valence-corrected chi connectivity index (χ4v) is 2.51. The molecule has 0 saturated heterocycles. The molecule has 1 aromatic rings. The minimum Gasteiger partial charge on any atom is -0.507 e. The molecule has 0 fully saturated rings. The van der Waals surface area contributed by atoms with Gasteiger partial charge in [-0.1, -0.05) is 6.07 Å². The maximum absolute atomic E-state index is 11.0. The summed E-state index contributed by atoms with van der Waals surface area (Å²) in [6, 6.07) is 1.84. The van der Waals surface area contributed by atoms with Gasteiger partial charge in [-0.15, -0.1) is 0 Å². The van der Waals surface area contributed by atoms with Gasteiger partial charge in [0.25, 0.3) is 0 Å². The van der Waals surface area contributed by atoms with E-state index < -0.39 is 9.05 Å². The van der Waals surface area contributed by atoms with Gasteiger partial charge >= 0.3 is 0 Å². The molecule has 0 aliphatic carbocycles. The lowest BCUT2D eigenvalue weighted by Crippen LogP contribution is -2.00. The van der Waals surface area contributed by atoms with Crippen LogP contribution >= 0.6 is 10.7 Å². The van der Waals surface area contributed by atoms with Crippen molar-refractivity contribution >= 4 is 19.7 Å². The van der Waals surface area contributed by atoms with Gasteiger partial charge in [0.05, 0.1) is 5.75 Å². The molecule has 15 heavy (non-hydrogen) atoms. The summed E-state index contributed by atoms with van der Waals surface area (Å²) in [4.78, 5) is 0. The normalized spacial score (nSPS) is 11.7. The third kappa shape index (κ3) is 2.86. The van der Waals surface area contributed by atoms with Crippen LogP contribution in [0.15, 0.2) is 6.07 Å². The smallest absolute Gasteiger partial charge is 0.236 e. The van der Waals surface area contributed by atoms with Gasteiger partial charge in [-0.05, 0) is 37.5 Å². The fraction of sp³-hybridized carbons (Fsp3) is 0.400.